The first-order chi connectivity index (χ1) is 7.13. The van der Waals surface area contributed by atoms with Crippen LogP contribution in [-0.4, -0.2) is 9.38 Å². The summed E-state index contributed by atoms with van der Waals surface area (Å²) >= 11 is 0. The standard InChI is InChI=1S/C13H14N2/c1-5-11-8-12(9(2)3)15-10(4)6-7-13(15)14-11/h5-8H,1-2H2,3-4H3. The zero-order valence-corrected chi connectivity index (χ0v) is 9.12. The lowest BCUT2D eigenvalue weighted by atomic mass is 10.2. The summed E-state index contributed by atoms with van der Waals surface area (Å²) in [6, 6.07) is 6.08. The smallest absolute Gasteiger partial charge is 0.138 e. The first kappa shape index (κ1) is 9.71. The van der Waals surface area contributed by atoms with E-state index in [0.29, 0.717) is 0 Å². The van der Waals surface area contributed by atoms with Crippen LogP contribution >= 0.6 is 0 Å². The lowest BCUT2D eigenvalue weighted by Crippen LogP contribution is -1.99. The number of aromatic nitrogens is 2. The lowest BCUT2D eigenvalue weighted by Gasteiger charge is -2.08. The average molecular weight is 198 g/mol. The van der Waals surface area contributed by atoms with Crippen LogP contribution in [0.2, 0.25) is 0 Å². The topological polar surface area (TPSA) is 17.3 Å². The number of aryl methyl sites for hydroxylation is 1. The van der Waals surface area contributed by atoms with Crippen molar-refractivity contribution in [2.24, 2.45) is 0 Å². The number of allylic oxidation sites excluding steroid dienone is 1. The summed E-state index contributed by atoms with van der Waals surface area (Å²) in [5.41, 5.74) is 5.13. The van der Waals surface area contributed by atoms with Gasteiger partial charge in [-0.15, -0.1) is 0 Å². The fourth-order valence-electron chi connectivity index (χ4n) is 1.71. The molecule has 0 aliphatic carbocycles. The zero-order chi connectivity index (χ0) is 11.0. The summed E-state index contributed by atoms with van der Waals surface area (Å²) in [6.07, 6.45) is 1.76. The molecule has 2 aromatic rings. The zero-order valence-electron chi connectivity index (χ0n) is 9.12. The Morgan fingerprint density at radius 1 is 1.47 bits per heavy atom. The minimum absolute atomic E-state index is 0.888. The SMILES string of the molecule is C=Cc1cc(C(=C)C)n2c(C)ccc2n1. The lowest BCUT2D eigenvalue weighted by molar-refractivity contribution is 1.04. The molecule has 0 spiro atoms. The Morgan fingerprint density at radius 2 is 2.20 bits per heavy atom. The molecule has 0 atom stereocenters. The van der Waals surface area contributed by atoms with Crippen molar-refractivity contribution in [1.29, 1.82) is 0 Å². The number of fused-ring (bicyclic) bond motifs is 1. The molecule has 2 rings (SSSR count). The molecular weight excluding hydrogens is 184 g/mol. The predicted octanol–water partition coefficient (Wildman–Crippen LogP) is 3.32. The molecule has 0 radical (unpaired) electrons. The molecule has 76 valence electrons. The quantitative estimate of drug-likeness (QED) is 0.723. The molecular formula is C13H14N2. The van der Waals surface area contributed by atoms with Crippen LogP contribution < -0.4 is 0 Å². The van der Waals surface area contributed by atoms with E-state index in [2.05, 4.69) is 35.5 Å². The second kappa shape index (κ2) is 3.39. The van der Waals surface area contributed by atoms with Gasteiger partial charge in [0.05, 0.1) is 11.4 Å². The third-order valence-corrected chi connectivity index (χ3v) is 2.47. The van der Waals surface area contributed by atoms with Gasteiger partial charge in [-0.2, -0.15) is 0 Å². The Hall–Kier alpha value is -1.83. The van der Waals surface area contributed by atoms with Crippen LogP contribution in [0, 0.1) is 6.92 Å². The number of hydrogen-bond acceptors (Lipinski definition) is 1. The number of rotatable bonds is 2. The van der Waals surface area contributed by atoms with Crippen molar-refractivity contribution in [3.63, 3.8) is 0 Å². The summed E-state index contributed by atoms with van der Waals surface area (Å²) in [4.78, 5) is 4.46. The Bertz CT molecular complexity index is 547. The molecule has 0 aliphatic rings. The third kappa shape index (κ3) is 1.48. The van der Waals surface area contributed by atoms with Crippen LogP contribution in [0.4, 0.5) is 0 Å². The highest BCUT2D eigenvalue weighted by Crippen LogP contribution is 2.18. The highest BCUT2D eigenvalue weighted by Gasteiger charge is 2.06. The maximum Gasteiger partial charge on any atom is 0.138 e. The van der Waals surface area contributed by atoms with Crippen LogP contribution in [0.1, 0.15) is 24.0 Å². The third-order valence-electron chi connectivity index (χ3n) is 2.47. The maximum absolute atomic E-state index is 4.46. The van der Waals surface area contributed by atoms with Gasteiger partial charge in [0.1, 0.15) is 5.65 Å². The summed E-state index contributed by atoms with van der Waals surface area (Å²) in [7, 11) is 0. The minimum Gasteiger partial charge on any atom is -0.299 e. The van der Waals surface area contributed by atoms with Gasteiger partial charge in [0.15, 0.2) is 0 Å². The predicted molar refractivity (Wildman–Crippen MR) is 64.7 cm³/mol. The fraction of sp³-hybridized carbons (Fsp3) is 0.154. The second-order valence-corrected chi connectivity index (χ2v) is 3.72. The molecule has 0 aromatic carbocycles. The normalized spacial score (nSPS) is 10.5. The first-order valence-electron chi connectivity index (χ1n) is 4.91. The first-order valence-corrected chi connectivity index (χ1v) is 4.91. The van der Waals surface area contributed by atoms with Gasteiger partial charge in [-0.3, -0.25) is 4.40 Å². The minimum atomic E-state index is 0.888. The molecule has 0 amide bonds. The molecule has 15 heavy (non-hydrogen) atoms. The van der Waals surface area contributed by atoms with Crippen molar-refractivity contribution in [3.8, 4) is 0 Å². The van der Waals surface area contributed by atoms with Crippen LogP contribution in [0.3, 0.4) is 0 Å². The van der Waals surface area contributed by atoms with Gasteiger partial charge in [0.25, 0.3) is 0 Å². The summed E-state index contributed by atoms with van der Waals surface area (Å²) in [6.45, 7) is 11.8. The Morgan fingerprint density at radius 3 is 2.80 bits per heavy atom. The molecule has 0 saturated heterocycles. The van der Waals surface area contributed by atoms with Crippen LogP contribution in [0.15, 0.2) is 31.4 Å². The van der Waals surface area contributed by atoms with E-state index in [4.69, 9.17) is 0 Å². The molecule has 0 fully saturated rings. The van der Waals surface area contributed by atoms with Crippen molar-refractivity contribution in [3.05, 3.63) is 48.4 Å². The van der Waals surface area contributed by atoms with Gasteiger partial charge in [0.2, 0.25) is 0 Å². The molecule has 0 aliphatic heterocycles. The number of hydrogen-bond donors (Lipinski definition) is 0. The van der Waals surface area contributed by atoms with Crippen LogP contribution in [0.5, 0.6) is 0 Å². The van der Waals surface area contributed by atoms with Gasteiger partial charge in [0, 0.05) is 5.69 Å². The van der Waals surface area contributed by atoms with Crippen molar-refractivity contribution in [1.82, 2.24) is 9.38 Å². The van der Waals surface area contributed by atoms with Crippen LogP contribution in [0.25, 0.3) is 17.3 Å². The molecule has 2 aromatic heterocycles. The summed E-state index contributed by atoms with van der Waals surface area (Å²) < 4.78 is 2.11. The van der Waals surface area contributed by atoms with E-state index in [1.54, 1.807) is 6.08 Å². The summed E-state index contributed by atoms with van der Waals surface area (Å²) in [5, 5.41) is 0. The molecule has 0 saturated carbocycles. The van der Waals surface area contributed by atoms with E-state index in [0.717, 1.165) is 22.6 Å². The van der Waals surface area contributed by atoms with Gasteiger partial charge >= 0.3 is 0 Å². The van der Waals surface area contributed by atoms with Crippen LogP contribution in [-0.2, 0) is 0 Å². The van der Waals surface area contributed by atoms with Gasteiger partial charge < -0.3 is 0 Å². The van der Waals surface area contributed by atoms with E-state index in [-0.39, 0.29) is 0 Å². The van der Waals surface area contributed by atoms with Gasteiger partial charge in [-0.05, 0) is 43.7 Å². The van der Waals surface area contributed by atoms with E-state index in [1.807, 2.05) is 19.1 Å². The second-order valence-electron chi connectivity index (χ2n) is 3.72. The molecule has 2 heteroatoms. The molecule has 0 N–H and O–H groups in total. The molecule has 0 unspecified atom stereocenters. The van der Waals surface area contributed by atoms with Crippen molar-refractivity contribution in [2.75, 3.05) is 0 Å². The van der Waals surface area contributed by atoms with Crippen molar-refractivity contribution >= 4 is 17.3 Å². The fourth-order valence-corrected chi connectivity index (χ4v) is 1.71. The Labute approximate surface area is 89.6 Å². The Kier molecular flexibility index (Phi) is 2.19. The maximum atomic E-state index is 4.46. The average Bonchev–Trinajstić information content (AvgIpc) is 2.59. The highest BCUT2D eigenvalue weighted by atomic mass is 15.0. The van der Waals surface area contributed by atoms with E-state index in [1.165, 1.54) is 5.69 Å². The van der Waals surface area contributed by atoms with E-state index in [9.17, 15) is 0 Å². The number of nitrogens with zero attached hydrogens (tertiary/aromatic N) is 2. The summed E-state index contributed by atoms with van der Waals surface area (Å²) in [5.74, 6) is 0. The highest BCUT2D eigenvalue weighted by molar-refractivity contribution is 5.65. The van der Waals surface area contributed by atoms with Gasteiger partial charge in [-0.1, -0.05) is 13.2 Å². The van der Waals surface area contributed by atoms with E-state index < -0.39 is 0 Å². The largest absolute Gasteiger partial charge is 0.299 e. The Balaban J connectivity index is 2.89. The molecule has 2 nitrogen and oxygen atoms in total. The molecule has 0 bridgehead atoms. The molecule has 2 heterocycles. The monoisotopic (exact) mass is 198 g/mol. The van der Waals surface area contributed by atoms with Crippen molar-refractivity contribution in [2.45, 2.75) is 13.8 Å². The van der Waals surface area contributed by atoms with Crippen molar-refractivity contribution < 1.29 is 0 Å². The van der Waals surface area contributed by atoms with Gasteiger partial charge in [-0.25, -0.2) is 4.98 Å². The van der Waals surface area contributed by atoms with E-state index >= 15 is 0 Å².